The molecule has 1 aliphatic rings. The summed E-state index contributed by atoms with van der Waals surface area (Å²) in [6, 6.07) is 9.78. The number of benzene rings is 1. The van der Waals surface area contributed by atoms with Gasteiger partial charge in [-0.15, -0.1) is 0 Å². The lowest BCUT2D eigenvalue weighted by atomic mass is 9.92. The number of nitrogens with zero attached hydrogens (tertiary/aromatic N) is 4. The first-order valence-electron chi connectivity index (χ1n) is 10.5. The number of carbonyl (C=O) groups is 1. The van der Waals surface area contributed by atoms with Crippen molar-refractivity contribution in [2.75, 3.05) is 25.9 Å². The molecule has 2 N–H and O–H groups in total. The third-order valence-corrected chi connectivity index (χ3v) is 5.75. The SMILES string of the molecule is COc1c(C)cccc1C(=O)N1CCCC(c2cc(-c3cnc(N)nc3)cc(C)n2)C1. The quantitative estimate of drug-likeness (QED) is 0.694. The molecule has 7 heteroatoms. The molecule has 1 atom stereocenters. The highest BCUT2D eigenvalue weighted by Gasteiger charge is 2.28. The Balaban J connectivity index is 1.60. The van der Waals surface area contributed by atoms with Gasteiger partial charge in [-0.25, -0.2) is 9.97 Å². The summed E-state index contributed by atoms with van der Waals surface area (Å²) in [5, 5.41) is 0. The van der Waals surface area contributed by atoms with E-state index in [1.165, 1.54) is 0 Å². The summed E-state index contributed by atoms with van der Waals surface area (Å²) < 4.78 is 5.51. The number of likely N-dealkylation sites (tertiary alicyclic amines) is 1. The molecule has 1 aromatic carbocycles. The van der Waals surface area contributed by atoms with E-state index in [0.29, 0.717) is 17.9 Å². The highest BCUT2D eigenvalue weighted by molar-refractivity contribution is 5.97. The lowest BCUT2D eigenvalue weighted by Gasteiger charge is -2.33. The van der Waals surface area contributed by atoms with Crippen LogP contribution < -0.4 is 10.5 Å². The molecular formula is C24H27N5O2. The molecule has 3 heterocycles. The minimum absolute atomic E-state index is 0.00469. The Labute approximate surface area is 182 Å². The van der Waals surface area contributed by atoms with Gasteiger partial charge in [0.2, 0.25) is 5.95 Å². The van der Waals surface area contributed by atoms with Crippen LogP contribution in [0.1, 0.15) is 46.1 Å². The zero-order valence-electron chi connectivity index (χ0n) is 18.1. The van der Waals surface area contributed by atoms with Crippen molar-refractivity contribution in [3.05, 3.63) is 65.2 Å². The zero-order valence-corrected chi connectivity index (χ0v) is 18.1. The van der Waals surface area contributed by atoms with E-state index >= 15 is 0 Å². The smallest absolute Gasteiger partial charge is 0.257 e. The van der Waals surface area contributed by atoms with Crippen LogP contribution in [-0.2, 0) is 0 Å². The first-order valence-corrected chi connectivity index (χ1v) is 10.5. The molecule has 2 aromatic heterocycles. The van der Waals surface area contributed by atoms with Crippen molar-refractivity contribution >= 4 is 11.9 Å². The van der Waals surface area contributed by atoms with Gasteiger partial charge in [0.05, 0.1) is 12.7 Å². The molecule has 1 unspecified atom stereocenters. The molecule has 0 spiro atoms. The predicted octanol–water partition coefficient (Wildman–Crippen LogP) is 3.77. The first kappa shape index (κ1) is 20.8. The van der Waals surface area contributed by atoms with Gasteiger partial charge in [-0.05, 0) is 56.0 Å². The van der Waals surface area contributed by atoms with E-state index in [1.807, 2.05) is 43.0 Å². The Morgan fingerprint density at radius 3 is 2.68 bits per heavy atom. The Morgan fingerprint density at radius 1 is 1.16 bits per heavy atom. The fourth-order valence-electron chi connectivity index (χ4n) is 4.22. The van der Waals surface area contributed by atoms with Crippen LogP contribution in [0.4, 0.5) is 5.95 Å². The van der Waals surface area contributed by atoms with Gasteiger partial charge in [-0.1, -0.05) is 12.1 Å². The van der Waals surface area contributed by atoms with Gasteiger partial charge in [0.25, 0.3) is 5.91 Å². The van der Waals surface area contributed by atoms with Crippen molar-refractivity contribution in [1.82, 2.24) is 19.9 Å². The summed E-state index contributed by atoms with van der Waals surface area (Å²) in [5.41, 5.74) is 11.0. The van der Waals surface area contributed by atoms with Crippen molar-refractivity contribution in [1.29, 1.82) is 0 Å². The minimum atomic E-state index is 0.00469. The summed E-state index contributed by atoms with van der Waals surface area (Å²) in [4.78, 5) is 28.2. The van der Waals surface area contributed by atoms with Crippen LogP contribution in [0.25, 0.3) is 11.1 Å². The summed E-state index contributed by atoms with van der Waals surface area (Å²) in [6.07, 6.45) is 5.37. The lowest BCUT2D eigenvalue weighted by Crippen LogP contribution is -2.39. The van der Waals surface area contributed by atoms with E-state index in [1.54, 1.807) is 19.5 Å². The number of carbonyl (C=O) groups excluding carboxylic acids is 1. The monoisotopic (exact) mass is 417 g/mol. The number of ether oxygens (including phenoxy) is 1. The second-order valence-electron chi connectivity index (χ2n) is 8.00. The molecule has 1 amide bonds. The molecule has 3 aromatic rings. The van der Waals surface area contributed by atoms with Gasteiger partial charge in [-0.2, -0.15) is 0 Å². The molecule has 0 radical (unpaired) electrons. The molecule has 31 heavy (non-hydrogen) atoms. The van der Waals surface area contributed by atoms with Crippen LogP contribution in [0, 0.1) is 13.8 Å². The number of amides is 1. The van der Waals surface area contributed by atoms with E-state index in [4.69, 9.17) is 15.5 Å². The third-order valence-electron chi connectivity index (χ3n) is 5.75. The van der Waals surface area contributed by atoms with Gasteiger partial charge >= 0.3 is 0 Å². The second kappa shape index (κ2) is 8.71. The van der Waals surface area contributed by atoms with Crippen molar-refractivity contribution in [2.45, 2.75) is 32.6 Å². The molecule has 4 rings (SSSR count). The lowest BCUT2D eigenvalue weighted by molar-refractivity contribution is 0.0702. The van der Waals surface area contributed by atoms with Gasteiger partial charge < -0.3 is 15.4 Å². The van der Waals surface area contributed by atoms with Crippen LogP contribution in [0.15, 0.2) is 42.7 Å². The van der Waals surface area contributed by atoms with Crippen LogP contribution in [-0.4, -0.2) is 46.0 Å². The maximum Gasteiger partial charge on any atom is 0.257 e. The molecule has 1 saturated heterocycles. The fourth-order valence-corrected chi connectivity index (χ4v) is 4.22. The summed E-state index contributed by atoms with van der Waals surface area (Å²) >= 11 is 0. The summed E-state index contributed by atoms with van der Waals surface area (Å²) in [7, 11) is 1.61. The van der Waals surface area contributed by atoms with Crippen LogP contribution in [0.3, 0.4) is 0 Å². The number of hydrogen-bond donors (Lipinski definition) is 1. The maximum absolute atomic E-state index is 13.3. The molecule has 1 aliphatic heterocycles. The number of aryl methyl sites for hydroxylation is 2. The Hall–Kier alpha value is -3.48. The number of methoxy groups -OCH3 is 1. The molecule has 0 saturated carbocycles. The number of anilines is 1. The van der Waals surface area contributed by atoms with E-state index < -0.39 is 0 Å². The maximum atomic E-state index is 13.3. The number of hydrogen-bond acceptors (Lipinski definition) is 6. The fraction of sp³-hybridized carbons (Fsp3) is 0.333. The van der Waals surface area contributed by atoms with Gasteiger partial charge in [-0.3, -0.25) is 9.78 Å². The van der Waals surface area contributed by atoms with E-state index in [2.05, 4.69) is 16.0 Å². The zero-order chi connectivity index (χ0) is 22.0. The largest absolute Gasteiger partial charge is 0.496 e. The standard InChI is InChI=1S/C24H27N5O2/c1-15-6-4-8-20(22(15)31-3)23(30)29-9-5-7-17(14-29)21-11-18(10-16(2)28-21)19-12-26-24(25)27-13-19/h4,6,8,10-13,17H,5,7,9,14H2,1-3H3,(H2,25,26,27). The molecule has 1 fully saturated rings. The number of piperidine rings is 1. The minimum Gasteiger partial charge on any atom is -0.496 e. The highest BCUT2D eigenvalue weighted by atomic mass is 16.5. The van der Waals surface area contributed by atoms with Crippen molar-refractivity contribution in [3.63, 3.8) is 0 Å². The van der Waals surface area contributed by atoms with E-state index in [-0.39, 0.29) is 17.8 Å². The number of rotatable bonds is 4. The number of nitrogen functional groups attached to an aromatic ring is 1. The number of nitrogens with two attached hydrogens (primary N) is 1. The molecular weight excluding hydrogens is 390 g/mol. The van der Waals surface area contributed by atoms with Gasteiger partial charge in [0.15, 0.2) is 0 Å². The molecule has 0 bridgehead atoms. The highest BCUT2D eigenvalue weighted by Crippen LogP contribution is 2.31. The van der Waals surface area contributed by atoms with Crippen LogP contribution in [0.2, 0.25) is 0 Å². The van der Waals surface area contributed by atoms with Crippen molar-refractivity contribution in [2.24, 2.45) is 0 Å². The van der Waals surface area contributed by atoms with Crippen molar-refractivity contribution in [3.8, 4) is 16.9 Å². The normalized spacial score (nSPS) is 16.2. The Bertz CT molecular complexity index is 1100. The third kappa shape index (κ3) is 4.35. The van der Waals surface area contributed by atoms with Gasteiger partial charge in [0.1, 0.15) is 5.75 Å². The molecule has 7 nitrogen and oxygen atoms in total. The van der Waals surface area contributed by atoms with Gasteiger partial charge in [0, 0.05) is 48.4 Å². The summed E-state index contributed by atoms with van der Waals surface area (Å²) in [5.74, 6) is 1.07. The second-order valence-corrected chi connectivity index (χ2v) is 8.00. The Morgan fingerprint density at radius 2 is 1.94 bits per heavy atom. The number of para-hydroxylation sites is 1. The van der Waals surface area contributed by atoms with Crippen LogP contribution in [0.5, 0.6) is 5.75 Å². The Kier molecular flexibility index (Phi) is 5.84. The van der Waals surface area contributed by atoms with Crippen LogP contribution >= 0.6 is 0 Å². The number of pyridine rings is 1. The average molecular weight is 418 g/mol. The topological polar surface area (TPSA) is 94.2 Å². The van der Waals surface area contributed by atoms with E-state index in [9.17, 15) is 4.79 Å². The molecule has 0 aliphatic carbocycles. The molecule has 160 valence electrons. The predicted molar refractivity (Wildman–Crippen MR) is 120 cm³/mol. The number of aromatic nitrogens is 3. The summed E-state index contributed by atoms with van der Waals surface area (Å²) in [6.45, 7) is 5.29. The van der Waals surface area contributed by atoms with E-state index in [0.717, 1.165) is 47.5 Å². The average Bonchev–Trinajstić information content (AvgIpc) is 2.78. The van der Waals surface area contributed by atoms with Crippen molar-refractivity contribution < 1.29 is 9.53 Å². The first-order chi connectivity index (χ1) is 15.0.